The van der Waals surface area contributed by atoms with Crippen molar-refractivity contribution in [3.63, 3.8) is 0 Å². The SMILES string of the molecule is CCCC1CCC(CN)C(N2CCN(C)C(=O)C2)C1. The molecule has 0 spiro atoms. The van der Waals surface area contributed by atoms with Gasteiger partial charge in [0.15, 0.2) is 0 Å². The second kappa shape index (κ2) is 6.71. The van der Waals surface area contributed by atoms with Gasteiger partial charge < -0.3 is 10.6 Å². The van der Waals surface area contributed by atoms with E-state index < -0.39 is 0 Å². The van der Waals surface area contributed by atoms with Gasteiger partial charge in [-0.05, 0) is 31.2 Å². The first kappa shape index (κ1) is 14.8. The fourth-order valence-electron chi connectivity index (χ4n) is 3.75. The van der Waals surface area contributed by atoms with Crippen LogP contribution in [0.15, 0.2) is 0 Å². The van der Waals surface area contributed by atoms with Crippen LogP contribution in [0, 0.1) is 11.8 Å². The Kier molecular flexibility index (Phi) is 5.22. The van der Waals surface area contributed by atoms with Crippen LogP contribution in [0.4, 0.5) is 0 Å². The summed E-state index contributed by atoms with van der Waals surface area (Å²) in [6.45, 7) is 5.51. The maximum atomic E-state index is 11.9. The summed E-state index contributed by atoms with van der Waals surface area (Å²) in [6, 6.07) is 0.535. The van der Waals surface area contributed by atoms with Crippen LogP contribution in [0.25, 0.3) is 0 Å². The van der Waals surface area contributed by atoms with Crippen molar-refractivity contribution < 1.29 is 4.79 Å². The van der Waals surface area contributed by atoms with E-state index in [0.717, 1.165) is 25.6 Å². The number of hydrogen-bond acceptors (Lipinski definition) is 3. The quantitative estimate of drug-likeness (QED) is 0.835. The van der Waals surface area contributed by atoms with Gasteiger partial charge in [0.25, 0.3) is 0 Å². The number of hydrogen-bond donors (Lipinski definition) is 1. The highest BCUT2D eigenvalue weighted by Crippen LogP contribution is 2.34. The van der Waals surface area contributed by atoms with Crippen LogP contribution in [0.2, 0.25) is 0 Å². The van der Waals surface area contributed by atoms with Gasteiger partial charge in [-0.3, -0.25) is 9.69 Å². The molecule has 3 unspecified atom stereocenters. The molecule has 0 aromatic heterocycles. The Morgan fingerprint density at radius 3 is 2.74 bits per heavy atom. The first-order chi connectivity index (χ1) is 9.15. The van der Waals surface area contributed by atoms with Crippen molar-refractivity contribution in [1.82, 2.24) is 9.80 Å². The van der Waals surface area contributed by atoms with E-state index in [0.29, 0.717) is 18.5 Å². The molecule has 0 aromatic rings. The number of amides is 1. The van der Waals surface area contributed by atoms with Crippen molar-refractivity contribution in [2.24, 2.45) is 17.6 Å². The van der Waals surface area contributed by atoms with Crippen LogP contribution in [0.3, 0.4) is 0 Å². The Hall–Kier alpha value is -0.610. The van der Waals surface area contributed by atoms with Crippen LogP contribution in [0.5, 0.6) is 0 Å². The highest BCUT2D eigenvalue weighted by atomic mass is 16.2. The lowest BCUT2D eigenvalue weighted by molar-refractivity contribution is -0.136. The molecule has 0 aromatic carbocycles. The molecule has 2 fully saturated rings. The third kappa shape index (κ3) is 3.48. The Morgan fingerprint density at radius 2 is 2.11 bits per heavy atom. The zero-order chi connectivity index (χ0) is 13.8. The number of rotatable bonds is 4. The van der Waals surface area contributed by atoms with Crippen molar-refractivity contribution in [3.05, 3.63) is 0 Å². The molecule has 4 heteroatoms. The largest absolute Gasteiger partial charge is 0.343 e. The lowest BCUT2D eigenvalue weighted by Gasteiger charge is -2.45. The third-order valence-electron chi connectivity index (χ3n) is 5.02. The predicted molar refractivity (Wildman–Crippen MR) is 77.8 cm³/mol. The van der Waals surface area contributed by atoms with E-state index in [4.69, 9.17) is 5.73 Å². The summed E-state index contributed by atoms with van der Waals surface area (Å²) in [4.78, 5) is 16.2. The summed E-state index contributed by atoms with van der Waals surface area (Å²) < 4.78 is 0. The van der Waals surface area contributed by atoms with E-state index >= 15 is 0 Å². The second-order valence-corrected chi connectivity index (χ2v) is 6.32. The Morgan fingerprint density at radius 1 is 1.32 bits per heavy atom. The van der Waals surface area contributed by atoms with Gasteiger partial charge in [-0.1, -0.05) is 26.2 Å². The summed E-state index contributed by atoms with van der Waals surface area (Å²) >= 11 is 0. The van der Waals surface area contributed by atoms with Crippen molar-refractivity contribution in [3.8, 4) is 0 Å². The minimum absolute atomic E-state index is 0.264. The molecule has 3 atom stereocenters. The van der Waals surface area contributed by atoms with Gasteiger partial charge in [0.2, 0.25) is 5.91 Å². The highest BCUT2D eigenvalue weighted by Gasteiger charge is 2.35. The van der Waals surface area contributed by atoms with E-state index in [1.165, 1.54) is 32.1 Å². The Bertz CT molecular complexity index is 308. The molecule has 1 amide bonds. The number of carbonyl (C=O) groups is 1. The van der Waals surface area contributed by atoms with E-state index in [-0.39, 0.29) is 5.91 Å². The molecule has 0 bridgehead atoms. The van der Waals surface area contributed by atoms with Crippen LogP contribution in [-0.4, -0.2) is 55.0 Å². The fraction of sp³-hybridized carbons (Fsp3) is 0.933. The average molecular weight is 267 g/mol. The monoisotopic (exact) mass is 267 g/mol. The van der Waals surface area contributed by atoms with Crippen LogP contribution in [-0.2, 0) is 4.79 Å². The van der Waals surface area contributed by atoms with E-state index in [9.17, 15) is 4.79 Å². The van der Waals surface area contributed by atoms with Gasteiger partial charge >= 0.3 is 0 Å². The number of carbonyl (C=O) groups excluding carboxylic acids is 1. The topological polar surface area (TPSA) is 49.6 Å². The molecule has 1 saturated heterocycles. The average Bonchev–Trinajstić information content (AvgIpc) is 2.42. The van der Waals surface area contributed by atoms with Crippen molar-refractivity contribution in [2.45, 2.75) is 45.1 Å². The Balaban J connectivity index is 1.99. The van der Waals surface area contributed by atoms with Gasteiger partial charge in [0, 0.05) is 26.2 Å². The second-order valence-electron chi connectivity index (χ2n) is 6.32. The van der Waals surface area contributed by atoms with E-state index in [1.54, 1.807) is 0 Å². The molecule has 1 saturated carbocycles. The van der Waals surface area contributed by atoms with E-state index in [2.05, 4.69) is 11.8 Å². The van der Waals surface area contributed by atoms with Gasteiger partial charge in [0.1, 0.15) is 0 Å². The van der Waals surface area contributed by atoms with Crippen molar-refractivity contribution in [1.29, 1.82) is 0 Å². The zero-order valence-electron chi connectivity index (χ0n) is 12.5. The molecule has 4 nitrogen and oxygen atoms in total. The summed E-state index contributed by atoms with van der Waals surface area (Å²) in [6.07, 6.45) is 6.41. The number of nitrogens with zero attached hydrogens (tertiary/aromatic N) is 2. The normalized spacial score (nSPS) is 33.7. The van der Waals surface area contributed by atoms with Crippen LogP contribution < -0.4 is 5.73 Å². The smallest absolute Gasteiger partial charge is 0.236 e. The predicted octanol–water partition coefficient (Wildman–Crippen LogP) is 1.30. The maximum Gasteiger partial charge on any atom is 0.236 e. The summed E-state index contributed by atoms with van der Waals surface area (Å²) in [5.41, 5.74) is 5.96. The molecular formula is C15H29N3O. The van der Waals surface area contributed by atoms with Crippen molar-refractivity contribution >= 4 is 5.91 Å². The number of nitrogens with two attached hydrogens (primary N) is 1. The first-order valence-corrected chi connectivity index (χ1v) is 7.83. The molecule has 1 aliphatic carbocycles. The van der Waals surface area contributed by atoms with Gasteiger partial charge in [-0.2, -0.15) is 0 Å². The highest BCUT2D eigenvalue weighted by molar-refractivity contribution is 5.78. The molecule has 1 aliphatic heterocycles. The zero-order valence-corrected chi connectivity index (χ0v) is 12.5. The molecule has 2 rings (SSSR count). The maximum absolute atomic E-state index is 11.9. The molecule has 2 N–H and O–H groups in total. The number of likely N-dealkylation sites (N-methyl/N-ethyl adjacent to an activating group) is 1. The lowest BCUT2D eigenvalue weighted by Crippen LogP contribution is -2.56. The fourth-order valence-corrected chi connectivity index (χ4v) is 3.75. The molecular weight excluding hydrogens is 238 g/mol. The molecule has 110 valence electrons. The van der Waals surface area contributed by atoms with Crippen LogP contribution >= 0.6 is 0 Å². The molecule has 1 heterocycles. The molecule has 2 aliphatic rings. The Labute approximate surface area is 117 Å². The minimum atomic E-state index is 0.264. The summed E-state index contributed by atoms with van der Waals surface area (Å²) in [5, 5.41) is 0. The van der Waals surface area contributed by atoms with Crippen LogP contribution in [0.1, 0.15) is 39.0 Å². The van der Waals surface area contributed by atoms with Gasteiger partial charge in [0.05, 0.1) is 6.54 Å². The first-order valence-electron chi connectivity index (χ1n) is 7.83. The molecule has 0 radical (unpaired) electrons. The lowest BCUT2D eigenvalue weighted by atomic mass is 9.75. The number of piperazine rings is 1. The summed E-state index contributed by atoms with van der Waals surface area (Å²) in [7, 11) is 1.90. The van der Waals surface area contributed by atoms with E-state index in [1.807, 2.05) is 11.9 Å². The third-order valence-corrected chi connectivity index (χ3v) is 5.02. The minimum Gasteiger partial charge on any atom is -0.343 e. The summed E-state index contributed by atoms with van der Waals surface area (Å²) in [5.74, 6) is 1.69. The van der Waals surface area contributed by atoms with Crippen molar-refractivity contribution in [2.75, 3.05) is 33.2 Å². The van der Waals surface area contributed by atoms with Gasteiger partial charge in [-0.15, -0.1) is 0 Å². The van der Waals surface area contributed by atoms with Gasteiger partial charge in [-0.25, -0.2) is 0 Å². The molecule has 19 heavy (non-hydrogen) atoms. The standard InChI is InChI=1S/C15H29N3O/c1-3-4-12-5-6-13(10-16)14(9-12)18-8-7-17(2)15(19)11-18/h12-14H,3-11,16H2,1-2H3.